The van der Waals surface area contributed by atoms with Gasteiger partial charge in [-0.1, -0.05) is 17.3 Å². The molecule has 4 rings (SSSR count). The van der Waals surface area contributed by atoms with Gasteiger partial charge in [0, 0.05) is 25.2 Å². The summed E-state index contributed by atoms with van der Waals surface area (Å²) in [7, 11) is 0. The zero-order chi connectivity index (χ0) is 16.5. The Kier molecular flexibility index (Phi) is 3.96. The molecule has 1 amide bonds. The first kappa shape index (κ1) is 15.2. The summed E-state index contributed by atoms with van der Waals surface area (Å²) in [5.74, 6) is 1.38. The predicted molar refractivity (Wildman–Crippen MR) is 88.9 cm³/mol. The molecule has 2 aliphatic rings. The molecule has 6 heteroatoms. The third-order valence-electron chi connectivity index (χ3n) is 4.77. The van der Waals surface area contributed by atoms with Gasteiger partial charge in [0.1, 0.15) is 5.75 Å². The molecule has 1 aromatic carbocycles. The highest BCUT2D eigenvalue weighted by Gasteiger charge is 2.31. The fourth-order valence-electron chi connectivity index (χ4n) is 3.16. The molecule has 1 aliphatic heterocycles. The van der Waals surface area contributed by atoms with Crippen LogP contribution in [0, 0.1) is 6.92 Å². The van der Waals surface area contributed by atoms with Gasteiger partial charge in [0.25, 0.3) is 5.91 Å². The third-order valence-corrected chi connectivity index (χ3v) is 4.77. The largest absolute Gasteiger partial charge is 0.484 e. The Hall–Kier alpha value is -2.37. The van der Waals surface area contributed by atoms with Crippen LogP contribution in [0.2, 0.25) is 0 Å². The van der Waals surface area contributed by atoms with Crippen LogP contribution in [0.1, 0.15) is 42.5 Å². The SMILES string of the molecule is Cc1cccc(OCC(=O)N2CCC(n3cc(C4CC4)nn3)C2)c1. The molecule has 126 valence electrons. The van der Waals surface area contributed by atoms with Crippen LogP contribution in [0.3, 0.4) is 0 Å². The van der Waals surface area contributed by atoms with Crippen molar-refractivity contribution in [2.24, 2.45) is 0 Å². The molecule has 2 heterocycles. The number of aromatic nitrogens is 3. The number of hydrogen-bond donors (Lipinski definition) is 0. The number of benzene rings is 1. The lowest BCUT2D eigenvalue weighted by Crippen LogP contribution is -2.33. The molecule has 24 heavy (non-hydrogen) atoms. The van der Waals surface area contributed by atoms with Crippen LogP contribution in [-0.2, 0) is 4.79 Å². The Morgan fingerprint density at radius 3 is 3.00 bits per heavy atom. The Morgan fingerprint density at radius 1 is 1.33 bits per heavy atom. The van der Waals surface area contributed by atoms with Gasteiger partial charge in [-0.3, -0.25) is 4.79 Å². The number of rotatable bonds is 5. The lowest BCUT2D eigenvalue weighted by atomic mass is 10.2. The van der Waals surface area contributed by atoms with E-state index in [1.165, 1.54) is 12.8 Å². The van der Waals surface area contributed by atoms with Crippen LogP contribution in [0.15, 0.2) is 30.5 Å². The predicted octanol–water partition coefficient (Wildman–Crippen LogP) is 2.32. The molecule has 6 nitrogen and oxygen atoms in total. The van der Waals surface area contributed by atoms with Crippen LogP contribution in [0.25, 0.3) is 0 Å². The van der Waals surface area contributed by atoms with Crippen LogP contribution < -0.4 is 4.74 Å². The van der Waals surface area contributed by atoms with E-state index in [0.717, 1.165) is 30.0 Å². The van der Waals surface area contributed by atoms with Crippen molar-refractivity contribution in [2.75, 3.05) is 19.7 Å². The zero-order valence-corrected chi connectivity index (χ0v) is 13.9. The molecular formula is C18H22N4O2. The maximum atomic E-state index is 12.4. The van der Waals surface area contributed by atoms with E-state index in [4.69, 9.17) is 4.74 Å². The molecule has 1 atom stereocenters. The van der Waals surface area contributed by atoms with Crippen molar-refractivity contribution in [1.82, 2.24) is 19.9 Å². The van der Waals surface area contributed by atoms with Crippen LogP contribution >= 0.6 is 0 Å². The molecule has 1 aromatic heterocycles. The van der Waals surface area contributed by atoms with E-state index < -0.39 is 0 Å². The van der Waals surface area contributed by atoms with E-state index in [1.807, 2.05) is 40.8 Å². The Morgan fingerprint density at radius 2 is 2.21 bits per heavy atom. The van der Waals surface area contributed by atoms with Crippen LogP contribution in [0.5, 0.6) is 5.75 Å². The summed E-state index contributed by atoms with van der Waals surface area (Å²) in [6.07, 6.45) is 5.43. The Bertz CT molecular complexity index is 738. The first-order valence-corrected chi connectivity index (χ1v) is 8.58. The van der Waals surface area contributed by atoms with E-state index in [1.54, 1.807) is 0 Å². The van der Waals surface area contributed by atoms with Crippen molar-refractivity contribution < 1.29 is 9.53 Å². The summed E-state index contributed by atoms with van der Waals surface area (Å²) in [6, 6.07) is 7.99. The second kappa shape index (κ2) is 6.26. The number of nitrogens with zero attached hydrogens (tertiary/aromatic N) is 4. The number of hydrogen-bond acceptors (Lipinski definition) is 4. The maximum absolute atomic E-state index is 12.4. The number of aryl methyl sites for hydroxylation is 1. The lowest BCUT2D eigenvalue weighted by molar-refractivity contribution is -0.132. The second-order valence-corrected chi connectivity index (χ2v) is 6.79. The van der Waals surface area contributed by atoms with E-state index in [0.29, 0.717) is 12.5 Å². The van der Waals surface area contributed by atoms with Crippen LogP contribution in [-0.4, -0.2) is 45.5 Å². The average molecular weight is 326 g/mol. The standard InChI is InChI=1S/C18H22N4O2/c1-13-3-2-4-16(9-13)24-12-18(23)21-8-7-15(10-21)22-11-17(19-20-22)14-5-6-14/h2-4,9,11,14-15H,5-8,10,12H2,1H3. The number of ether oxygens (including phenoxy) is 1. The van der Waals surface area contributed by atoms with E-state index in [9.17, 15) is 4.79 Å². The van der Waals surface area contributed by atoms with E-state index in [-0.39, 0.29) is 18.6 Å². The van der Waals surface area contributed by atoms with Crippen molar-refractivity contribution >= 4 is 5.91 Å². The van der Waals surface area contributed by atoms with Crippen molar-refractivity contribution in [3.63, 3.8) is 0 Å². The normalized spacial score (nSPS) is 20.4. The van der Waals surface area contributed by atoms with Gasteiger partial charge in [0.15, 0.2) is 6.61 Å². The van der Waals surface area contributed by atoms with Gasteiger partial charge in [0.2, 0.25) is 0 Å². The molecule has 1 saturated carbocycles. The first-order chi connectivity index (χ1) is 11.7. The lowest BCUT2D eigenvalue weighted by Gasteiger charge is -2.17. The topological polar surface area (TPSA) is 60.2 Å². The first-order valence-electron chi connectivity index (χ1n) is 8.58. The summed E-state index contributed by atoms with van der Waals surface area (Å²) < 4.78 is 7.55. The molecule has 1 unspecified atom stereocenters. The summed E-state index contributed by atoms with van der Waals surface area (Å²) in [5.41, 5.74) is 2.22. The highest BCUT2D eigenvalue weighted by molar-refractivity contribution is 5.78. The van der Waals surface area contributed by atoms with Gasteiger partial charge in [0.05, 0.1) is 11.7 Å². The van der Waals surface area contributed by atoms with Crippen molar-refractivity contribution in [3.8, 4) is 5.75 Å². The highest BCUT2D eigenvalue weighted by Crippen LogP contribution is 2.39. The van der Waals surface area contributed by atoms with Gasteiger partial charge in [-0.2, -0.15) is 0 Å². The Balaban J connectivity index is 1.31. The summed E-state index contributed by atoms with van der Waals surface area (Å²) in [6.45, 7) is 3.53. The molecule has 2 fully saturated rings. The van der Waals surface area contributed by atoms with E-state index in [2.05, 4.69) is 16.5 Å². The molecule has 0 radical (unpaired) electrons. The minimum absolute atomic E-state index is 0.0292. The minimum atomic E-state index is 0.0292. The average Bonchev–Trinajstić information content (AvgIpc) is 3.12. The number of carbonyl (C=O) groups is 1. The van der Waals surface area contributed by atoms with Gasteiger partial charge < -0.3 is 9.64 Å². The molecule has 0 N–H and O–H groups in total. The van der Waals surface area contributed by atoms with Gasteiger partial charge >= 0.3 is 0 Å². The maximum Gasteiger partial charge on any atom is 0.260 e. The molecule has 1 aliphatic carbocycles. The Labute approximate surface area is 141 Å². The minimum Gasteiger partial charge on any atom is -0.484 e. The summed E-state index contributed by atoms with van der Waals surface area (Å²) in [4.78, 5) is 14.2. The molecule has 1 saturated heterocycles. The molecule has 0 bridgehead atoms. The molecule has 2 aromatic rings. The quantitative estimate of drug-likeness (QED) is 0.846. The fraction of sp³-hybridized carbons (Fsp3) is 0.500. The van der Waals surface area contributed by atoms with E-state index >= 15 is 0 Å². The van der Waals surface area contributed by atoms with Crippen molar-refractivity contribution in [3.05, 3.63) is 41.7 Å². The summed E-state index contributed by atoms with van der Waals surface area (Å²) in [5, 5.41) is 8.52. The fourth-order valence-corrected chi connectivity index (χ4v) is 3.16. The summed E-state index contributed by atoms with van der Waals surface area (Å²) >= 11 is 0. The van der Waals surface area contributed by atoms with Crippen molar-refractivity contribution in [1.29, 1.82) is 0 Å². The zero-order valence-electron chi connectivity index (χ0n) is 13.9. The van der Waals surface area contributed by atoms with Crippen molar-refractivity contribution in [2.45, 2.75) is 38.1 Å². The second-order valence-electron chi connectivity index (χ2n) is 6.79. The van der Waals surface area contributed by atoms with Gasteiger partial charge in [-0.05, 0) is 43.9 Å². The number of amides is 1. The van der Waals surface area contributed by atoms with Gasteiger partial charge in [-0.15, -0.1) is 5.10 Å². The number of carbonyl (C=O) groups excluding carboxylic acids is 1. The third kappa shape index (κ3) is 3.27. The van der Waals surface area contributed by atoms with Gasteiger partial charge in [-0.25, -0.2) is 4.68 Å². The van der Waals surface area contributed by atoms with Crippen LogP contribution in [0.4, 0.5) is 0 Å². The highest BCUT2D eigenvalue weighted by atomic mass is 16.5. The molecular weight excluding hydrogens is 304 g/mol. The monoisotopic (exact) mass is 326 g/mol. The number of likely N-dealkylation sites (tertiary alicyclic amines) is 1. The molecule has 0 spiro atoms. The smallest absolute Gasteiger partial charge is 0.260 e.